The predicted octanol–water partition coefficient (Wildman–Crippen LogP) is 2.66. The van der Waals surface area contributed by atoms with E-state index < -0.39 is 5.79 Å². The quantitative estimate of drug-likeness (QED) is 0.789. The molecule has 5 heteroatoms. The lowest BCUT2D eigenvalue weighted by Crippen LogP contribution is -2.33. The number of methoxy groups -OCH3 is 1. The van der Waals surface area contributed by atoms with Crippen molar-refractivity contribution in [2.24, 2.45) is 0 Å². The molecule has 1 aromatic heterocycles. The summed E-state index contributed by atoms with van der Waals surface area (Å²) in [6, 6.07) is 8.09. The number of aryl methyl sites for hydroxylation is 1. The third-order valence-electron chi connectivity index (χ3n) is 3.98. The lowest BCUT2D eigenvalue weighted by Gasteiger charge is -2.27. The molecule has 1 aromatic carbocycles. The number of ether oxygens (including phenoxy) is 3. The van der Waals surface area contributed by atoms with Crippen LogP contribution in [0.2, 0.25) is 0 Å². The first-order valence-corrected chi connectivity index (χ1v) is 7.66. The predicted molar refractivity (Wildman–Crippen MR) is 82.8 cm³/mol. The fourth-order valence-electron chi connectivity index (χ4n) is 2.84. The van der Waals surface area contributed by atoms with Crippen LogP contribution in [0.1, 0.15) is 18.4 Å². The third kappa shape index (κ3) is 3.67. The van der Waals surface area contributed by atoms with Crippen molar-refractivity contribution in [1.29, 1.82) is 0 Å². The first-order chi connectivity index (χ1) is 10.8. The highest BCUT2D eigenvalue weighted by molar-refractivity contribution is 5.27. The first kappa shape index (κ1) is 15.1. The van der Waals surface area contributed by atoms with E-state index in [1.54, 1.807) is 13.3 Å². The molecular formula is C17H22N2O3. The Hall–Kier alpha value is -1.85. The summed E-state index contributed by atoms with van der Waals surface area (Å²) >= 11 is 0. The van der Waals surface area contributed by atoms with Crippen molar-refractivity contribution in [3.63, 3.8) is 0 Å². The Kier molecular flexibility index (Phi) is 4.75. The summed E-state index contributed by atoms with van der Waals surface area (Å²) in [6.45, 7) is 2.26. The van der Waals surface area contributed by atoms with Crippen LogP contribution in [0.5, 0.6) is 5.75 Å². The molecule has 1 saturated heterocycles. The lowest BCUT2D eigenvalue weighted by atomic mass is 10.0. The standard InChI is InChI=1S/C17H22N2O3/c1-20-16-5-3-15(4-6-16)13-17(21-11-12-22-17)7-2-9-19-10-8-18-14-19/h3-6,8,10,14H,2,7,9,11-13H2,1H3. The molecule has 3 rings (SSSR count). The van der Waals surface area contributed by atoms with Crippen molar-refractivity contribution >= 4 is 0 Å². The van der Waals surface area contributed by atoms with Gasteiger partial charge in [-0.05, 0) is 24.1 Å². The second kappa shape index (κ2) is 6.94. The summed E-state index contributed by atoms with van der Waals surface area (Å²) in [5.41, 5.74) is 1.20. The number of hydrogen-bond acceptors (Lipinski definition) is 4. The maximum atomic E-state index is 5.94. The fraction of sp³-hybridized carbons (Fsp3) is 0.471. The summed E-state index contributed by atoms with van der Waals surface area (Å²) in [6.07, 6.45) is 8.25. The SMILES string of the molecule is COc1ccc(CC2(CCCn3ccnc3)OCCO2)cc1. The molecule has 1 aliphatic rings. The summed E-state index contributed by atoms with van der Waals surface area (Å²) in [4.78, 5) is 4.06. The van der Waals surface area contributed by atoms with Gasteiger partial charge in [-0.2, -0.15) is 0 Å². The van der Waals surface area contributed by atoms with Gasteiger partial charge in [0, 0.05) is 31.8 Å². The minimum absolute atomic E-state index is 0.491. The van der Waals surface area contributed by atoms with Crippen LogP contribution in [0.15, 0.2) is 43.0 Å². The minimum atomic E-state index is -0.491. The number of aromatic nitrogens is 2. The van der Waals surface area contributed by atoms with Crippen molar-refractivity contribution in [3.8, 4) is 5.75 Å². The summed E-state index contributed by atoms with van der Waals surface area (Å²) in [7, 11) is 1.68. The minimum Gasteiger partial charge on any atom is -0.497 e. The van der Waals surface area contributed by atoms with Gasteiger partial charge < -0.3 is 18.8 Å². The van der Waals surface area contributed by atoms with E-state index in [0.717, 1.165) is 31.6 Å². The molecule has 22 heavy (non-hydrogen) atoms. The van der Waals surface area contributed by atoms with E-state index in [0.29, 0.717) is 13.2 Å². The van der Waals surface area contributed by atoms with Crippen LogP contribution < -0.4 is 4.74 Å². The van der Waals surface area contributed by atoms with Crippen LogP contribution >= 0.6 is 0 Å². The molecule has 0 amide bonds. The number of hydrogen-bond donors (Lipinski definition) is 0. The summed E-state index contributed by atoms with van der Waals surface area (Å²) in [5, 5.41) is 0. The molecule has 0 unspecified atom stereocenters. The Balaban J connectivity index is 1.60. The van der Waals surface area contributed by atoms with Crippen molar-refractivity contribution < 1.29 is 14.2 Å². The van der Waals surface area contributed by atoms with E-state index >= 15 is 0 Å². The molecule has 0 N–H and O–H groups in total. The van der Waals surface area contributed by atoms with Crippen LogP contribution in [0, 0.1) is 0 Å². The van der Waals surface area contributed by atoms with E-state index in [2.05, 4.69) is 21.7 Å². The molecule has 5 nitrogen and oxygen atoms in total. The van der Waals surface area contributed by atoms with Gasteiger partial charge in [0.05, 0.1) is 26.7 Å². The smallest absolute Gasteiger partial charge is 0.172 e. The molecule has 0 bridgehead atoms. The molecule has 118 valence electrons. The number of benzene rings is 1. The van der Waals surface area contributed by atoms with Gasteiger partial charge in [0.15, 0.2) is 5.79 Å². The van der Waals surface area contributed by atoms with Gasteiger partial charge >= 0.3 is 0 Å². The number of rotatable bonds is 7. The molecular weight excluding hydrogens is 280 g/mol. The highest BCUT2D eigenvalue weighted by Gasteiger charge is 2.36. The normalized spacial score (nSPS) is 16.8. The van der Waals surface area contributed by atoms with Gasteiger partial charge in [0.2, 0.25) is 0 Å². The molecule has 0 saturated carbocycles. The van der Waals surface area contributed by atoms with Crippen LogP contribution in [0.3, 0.4) is 0 Å². The second-order valence-corrected chi connectivity index (χ2v) is 5.54. The van der Waals surface area contributed by atoms with Crippen molar-refractivity contribution in [2.75, 3.05) is 20.3 Å². The topological polar surface area (TPSA) is 45.5 Å². The first-order valence-electron chi connectivity index (χ1n) is 7.66. The Morgan fingerprint density at radius 1 is 1.23 bits per heavy atom. The van der Waals surface area contributed by atoms with Crippen LogP contribution in [-0.2, 0) is 22.4 Å². The molecule has 0 atom stereocenters. The van der Waals surface area contributed by atoms with Gasteiger partial charge in [0.25, 0.3) is 0 Å². The van der Waals surface area contributed by atoms with Crippen LogP contribution in [0.25, 0.3) is 0 Å². The van der Waals surface area contributed by atoms with E-state index in [-0.39, 0.29) is 0 Å². The largest absolute Gasteiger partial charge is 0.497 e. The molecule has 0 radical (unpaired) electrons. The monoisotopic (exact) mass is 302 g/mol. The zero-order chi connectivity index (χ0) is 15.3. The summed E-state index contributed by atoms with van der Waals surface area (Å²) < 4.78 is 19.2. The van der Waals surface area contributed by atoms with E-state index in [1.807, 2.05) is 24.7 Å². The molecule has 1 fully saturated rings. The van der Waals surface area contributed by atoms with Gasteiger partial charge in [-0.25, -0.2) is 4.98 Å². The van der Waals surface area contributed by atoms with Crippen LogP contribution in [-0.4, -0.2) is 35.7 Å². The van der Waals surface area contributed by atoms with E-state index in [9.17, 15) is 0 Å². The number of nitrogens with zero attached hydrogens (tertiary/aromatic N) is 2. The lowest BCUT2D eigenvalue weighted by molar-refractivity contribution is -0.162. The maximum Gasteiger partial charge on any atom is 0.172 e. The molecule has 2 heterocycles. The van der Waals surface area contributed by atoms with Gasteiger partial charge in [-0.1, -0.05) is 12.1 Å². The molecule has 0 aliphatic carbocycles. The van der Waals surface area contributed by atoms with Gasteiger partial charge in [-0.15, -0.1) is 0 Å². The second-order valence-electron chi connectivity index (χ2n) is 5.54. The van der Waals surface area contributed by atoms with Crippen molar-refractivity contribution in [3.05, 3.63) is 48.5 Å². The Bertz CT molecular complexity index is 560. The van der Waals surface area contributed by atoms with E-state index in [4.69, 9.17) is 14.2 Å². The molecule has 1 aliphatic heterocycles. The Morgan fingerprint density at radius 3 is 2.64 bits per heavy atom. The average molecular weight is 302 g/mol. The third-order valence-corrected chi connectivity index (χ3v) is 3.98. The zero-order valence-electron chi connectivity index (χ0n) is 12.9. The van der Waals surface area contributed by atoms with Crippen molar-refractivity contribution in [2.45, 2.75) is 31.6 Å². The number of imidazole rings is 1. The van der Waals surface area contributed by atoms with Gasteiger partial charge in [0.1, 0.15) is 5.75 Å². The highest BCUT2D eigenvalue weighted by atomic mass is 16.7. The highest BCUT2D eigenvalue weighted by Crippen LogP contribution is 2.30. The Morgan fingerprint density at radius 2 is 2.00 bits per heavy atom. The van der Waals surface area contributed by atoms with E-state index in [1.165, 1.54) is 5.56 Å². The average Bonchev–Trinajstić information content (AvgIpc) is 3.21. The molecule has 0 spiro atoms. The van der Waals surface area contributed by atoms with Gasteiger partial charge in [-0.3, -0.25) is 0 Å². The Labute approximate surface area is 130 Å². The van der Waals surface area contributed by atoms with Crippen molar-refractivity contribution in [1.82, 2.24) is 9.55 Å². The summed E-state index contributed by atoms with van der Waals surface area (Å²) in [5.74, 6) is 0.376. The fourth-order valence-corrected chi connectivity index (χ4v) is 2.84. The van der Waals surface area contributed by atoms with Crippen LogP contribution in [0.4, 0.5) is 0 Å². The maximum absolute atomic E-state index is 5.94. The zero-order valence-corrected chi connectivity index (χ0v) is 12.9. The molecule has 2 aromatic rings.